The van der Waals surface area contributed by atoms with Crippen LogP contribution in [0.25, 0.3) is 11.1 Å². The smallest absolute Gasteiger partial charge is 0.172 e. The predicted molar refractivity (Wildman–Crippen MR) is 104 cm³/mol. The summed E-state index contributed by atoms with van der Waals surface area (Å²) in [6, 6.07) is 20.2. The zero-order valence-electron chi connectivity index (χ0n) is 15.2. The molecule has 0 amide bonds. The van der Waals surface area contributed by atoms with Crippen LogP contribution in [0.15, 0.2) is 66.7 Å². The number of benzene rings is 3. The average molecular weight is 367 g/mol. The van der Waals surface area contributed by atoms with E-state index in [9.17, 15) is 4.39 Å². The molecule has 140 valence electrons. The molecule has 0 bridgehead atoms. The number of hydrogen-bond acceptors (Lipinski definition) is 4. The van der Waals surface area contributed by atoms with Crippen molar-refractivity contribution in [2.75, 3.05) is 20.3 Å². The van der Waals surface area contributed by atoms with Gasteiger partial charge in [0.1, 0.15) is 13.2 Å². The third kappa shape index (κ3) is 4.57. The van der Waals surface area contributed by atoms with Gasteiger partial charge in [0, 0.05) is 12.1 Å². The number of rotatable bonds is 8. The van der Waals surface area contributed by atoms with E-state index in [1.54, 1.807) is 36.4 Å². The highest BCUT2D eigenvalue weighted by Crippen LogP contribution is 2.36. The molecule has 3 rings (SSSR count). The van der Waals surface area contributed by atoms with Crippen LogP contribution in [0.2, 0.25) is 0 Å². The highest BCUT2D eigenvalue weighted by Gasteiger charge is 2.14. The molecule has 2 N–H and O–H groups in total. The van der Waals surface area contributed by atoms with Gasteiger partial charge in [-0.2, -0.15) is 0 Å². The molecule has 0 aliphatic heterocycles. The topological polar surface area (TPSA) is 53.7 Å². The average Bonchev–Trinajstić information content (AvgIpc) is 2.72. The summed E-state index contributed by atoms with van der Waals surface area (Å²) in [6.45, 7) is 1.14. The van der Waals surface area contributed by atoms with E-state index in [4.69, 9.17) is 19.9 Å². The maximum atomic E-state index is 14.6. The van der Waals surface area contributed by atoms with Gasteiger partial charge >= 0.3 is 0 Å². The molecular weight excluding hydrogens is 345 g/mol. The lowest BCUT2D eigenvalue weighted by molar-refractivity contribution is 0.266. The zero-order chi connectivity index (χ0) is 19.1. The summed E-state index contributed by atoms with van der Waals surface area (Å²) in [7, 11) is 1.44. The van der Waals surface area contributed by atoms with Crippen LogP contribution in [0.4, 0.5) is 4.39 Å². The maximum Gasteiger partial charge on any atom is 0.172 e. The summed E-state index contributed by atoms with van der Waals surface area (Å²) < 4.78 is 31.3. The summed E-state index contributed by atoms with van der Waals surface area (Å²) >= 11 is 0. The molecule has 0 radical (unpaired) electrons. The molecule has 0 atom stereocenters. The summed E-state index contributed by atoms with van der Waals surface area (Å²) in [5.74, 6) is 0.891. The molecular formula is C22H22FNO3. The van der Waals surface area contributed by atoms with E-state index in [2.05, 4.69) is 0 Å². The largest absolute Gasteiger partial charge is 0.494 e. The second-order valence-electron chi connectivity index (χ2n) is 5.89. The Balaban J connectivity index is 1.92. The minimum absolute atomic E-state index is 0.197. The molecule has 4 nitrogen and oxygen atoms in total. The Bertz CT molecular complexity index is 884. The highest BCUT2D eigenvalue weighted by atomic mass is 19.1. The number of halogens is 1. The first kappa shape index (κ1) is 18.7. The molecule has 5 heteroatoms. The molecule has 27 heavy (non-hydrogen) atoms. The van der Waals surface area contributed by atoms with Gasteiger partial charge < -0.3 is 19.9 Å². The molecule has 0 heterocycles. The predicted octanol–water partition coefficient (Wildman–Crippen LogP) is 4.42. The number of ether oxygens (including phenoxy) is 3. The van der Waals surface area contributed by atoms with Crippen molar-refractivity contribution in [2.24, 2.45) is 5.73 Å². The Morgan fingerprint density at radius 1 is 0.852 bits per heavy atom. The minimum Gasteiger partial charge on any atom is -0.494 e. The van der Waals surface area contributed by atoms with Crippen LogP contribution in [0.5, 0.6) is 17.2 Å². The summed E-state index contributed by atoms with van der Waals surface area (Å²) in [5, 5.41) is 0. The molecule has 0 aliphatic carbocycles. The van der Waals surface area contributed by atoms with Gasteiger partial charge in [0.15, 0.2) is 23.1 Å². The third-order valence-corrected chi connectivity index (χ3v) is 4.05. The first-order valence-corrected chi connectivity index (χ1v) is 8.69. The summed E-state index contributed by atoms with van der Waals surface area (Å²) in [6.07, 6.45) is 0. The Kier molecular flexibility index (Phi) is 6.28. The van der Waals surface area contributed by atoms with E-state index < -0.39 is 5.82 Å². The van der Waals surface area contributed by atoms with Crippen LogP contribution >= 0.6 is 0 Å². The van der Waals surface area contributed by atoms with E-state index in [1.807, 2.05) is 30.3 Å². The lowest BCUT2D eigenvalue weighted by Crippen LogP contribution is -2.11. The van der Waals surface area contributed by atoms with Gasteiger partial charge in [0.25, 0.3) is 0 Å². The van der Waals surface area contributed by atoms with Crippen molar-refractivity contribution in [3.8, 4) is 28.4 Å². The molecule has 0 aromatic heterocycles. The van der Waals surface area contributed by atoms with Crippen LogP contribution < -0.4 is 19.9 Å². The van der Waals surface area contributed by atoms with Gasteiger partial charge in [-0.3, -0.25) is 0 Å². The number of nitrogens with two attached hydrogens (primary N) is 1. The second-order valence-corrected chi connectivity index (χ2v) is 5.89. The van der Waals surface area contributed by atoms with Crippen LogP contribution in [0.3, 0.4) is 0 Å². The molecule has 0 saturated carbocycles. The van der Waals surface area contributed by atoms with Gasteiger partial charge in [0.05, 0.1) is 7.11 Å². The fraction of sp³-hybridized carbons (Fsp3) is 0.182. The fourth-order valence-corrected chi connectivity index (χ4v) is 2.70. The van der Waals surface area contributed by atoms with Crippen molar-refractivity contribution >= 4 is 0 Å². The van der Waals surface area contributed by atoms with Gasteiger partial charge in [-0.1, -0.05) is 48.5 Å². The van der Waals surface area contributed by atoms with E-state index in [0.717, 1.165) is 5.56 Å². The van der Waals surface area contributed by atoms with Gasteiger partial charge in [-0.05, 0) is 29.3 Å². The molecule has 0 unspecified atom stereocenters. The van der Waals surface area contributed by atoms with Crippen molar-refractivity contribution in [1.29, 1.82) is 0 Å². The second kappa shape index (κ2) is 9.05. The molecule has 0 saturated heterocycles. The van der Waals surface area contributed by atoms with Crippen LogP contribution in [-0.4, -0.2) is 20.3 Å². The highest BCUT2D eigenvalue weighted by molar-refractivity contribution is 5.69. The Labute approximate surface area is 158 Å². The Hall–Kier alpha value is -3.05. The van der Waals surface area contributed by atoms with Crippen LogP contribution in [0.1, 0.15) is 5.56 Å². The van der Waals surface area contributed by atoms with Crippen molar-refractivity contribution in [3.63, 3.8) is 0 Å². The van der Waals surface area contributed by atoms with E-state index in [0.29, 0.717) is 42.4 Å². The normalized spacial score (nSPS) is 10.5. The molecule has 3 aromatic rings. The lowest BCUT2D eigenvalue weighted by atomic mass is 10.0. The van der Waals surface area contributed by atoms with E-state index >= 15 is 0 Å². The zero-order valence-corrected chi connectivity index (χ0v) is 15.2. The number of methoxy groups -OCH3 is 1. The van der Waals surface area contributed by atoms with Crippen LogP contribution in [0, 0.1) is 5.82 Å². The number of hydrogen-bond donors (Lipinski definition) is 1. The van der Waals surface area contributed by atoms with Gasteiger partial charge in [-0.25, -0.2) is 4.39 Å². The standard InChI is InChI=1S/C22H22FNO3/c1-25-20-9-5-8-18(22(20)23)17-10-11-19(26-13-12-24)21(14-17)27-15-16-6-3-2-4-7-16/h2-11,14H,12-13,15,24H2,1H3. The first-order chi connectivity index (χ1) is 13.2. The van der Waals surface area contributed by atoms with Crippen molar-refractivity contribution in [1.82, 2.24) is 0 Å². The van der Waals surface area contributed by atoms with Crippen LogP contribution in [-0.2, 0) is 6.61 Å². The van der Waals surface area contributed by atoms with Gasteiger partial charge in [0.2, 0.25) is 0 Å². The Morgan fingerprint density at radius 3 is 2.41 bits per heavy atom. The lowest BCUT2D eigenvalue weighted by Gasteiger charge is -2.15. The third-order valence-electron chi connectivity index (χ3n) is 4.05. The summed E-state index contributed by atoms with van der Waals surface area (Å²) in [5.41, 5.74) is 7.67. The first-order valence-electron chi connectivity index (χ1n) is 8.69. The minimum atomic E-state index is -0.412. The quantitative estimate of drug-likeness (QED) is 0.640. The fourth-order valence-electron chi connectivity index (χ4n) is 2.70. The van der Waals surface area contributed by atoms with Crippen molar-refractivity contribution in [2.45, 2.75) is 6.61 Å². The van der Waals surface area contributed by atoms with E-state index in [-0.39, 0.29) is 5.75 Å². The van der Waals surface area contributed by atoms with Gasteiger partial charge in [-0.15, -0.1) is 0 Å². The molecule has 3 aromatic carbocycles. The van der Waals surface area contributed by atoms with E-state index in [1.165, 1.54) is 7.11 Å². The molecule has 0 fully saturated rings. The van der Waals surface area contributed by atoms with Crippen molar-refractivity contribution in [3.05, 3.63) is 78.1 Å². The monoisotopic (exact) mass is 367 g/mol. The summed E-state index contributed by atoms with van der Waals surface area (Å²) in [4.78, 5) is 0. The SMILES string of the molecule is COc1cccc(-c2ccc(OCCN)c(OCc3ccccc3)c2)c1F. The molecule has 0 spiro atoms. The Morgan fingerprint density at radius 2 is 1.67 bits per heavy atom. The van der Waals surface area contributed by atoms with Crippen molar-refractivity contribution < 1.29 is 18.6 Å². The maximum absolute atomic E-state index is 14.6. The molecule has 0 aliphatic rings.